The van der Waals surface area contributed by atoms with E-state index in [1.54, 1.807) is 11.8 Å². The fraction of sp³-hybridized carbons (Fsp3) is 0.846. The van der Waals surface area contributed by atoms with E-state index in [1.807, 2.05) is 0 Å². The van der Waals surface area contributed by atoms with Crippen LogP contribution in [0.4, 0.5) is 0 Å². The van der Waals surface area contributed by atoms with E-state index >= 15 is 0 Å². The molecule has 0 unspecified atom stereocenters. The van der Waals surface area contributed by atoms with Gasteiger partial charge in [0, 0.05) is 6.04 Å². The Bertz CT molecular complexity index is 341. The summed E-state index contributed by atoms with van der Waals surface area (Å²) in [6.45, 7) is 0. The van der Waals surface area contributed by atoms with Gasteiger partial charge in [-0.15, -0.1) is 0 Å². The SMILES string of the molecule is O=C1N=C(NC2CCCCCC2)SC12CCC2. The van der Waals surface area contributed by atoms with Gasteiger partial charge in [-0.1, -0.05) is 37.4 Å². The molecule has 0 radical (unpaired) electrons. The number of amidine groups is 1. The minimum absolute atomic E-state index is 0.116. The van der Waals surface area contributed by atoms with Crippen molar-refractivity contribution in [1.82, 2.24) is 5.32 Å². The van der Waals surface area contributed by atoms with Crippen LogP contribution in [0.5, 0.6) is 0 Å². The Kier molecular flexibility index (Phi) is 3.16. The molecule has 1 amide bonds. The predicted octanol–water partition coefficient (Wildman–Crippen LogP) is 2.85. The predicted molar refractivity (Wildman–Crippen MR) is 71.2 cm³/mol. The summed E-state index contributed by atoms with van der Waals surface area (Å²) in [5.41, 5.74) is 0. The van der Waals surface area contributed by atoms with E-state index in [0.29, 0.717) is 6.04 Å². The van der Waals surface area contributed by atoms with Gasteiger partial charge in [-0.3, -0.25) is 4.79 Å². The molecule has 1 heterocycles. The second-order valence-electron chi connectivity index (χ2n) is 5.50. The van der Waals surface area contributed by atoms with Crippen LogP contribution in [0.2, 0.25) is 0 Å². The van der Waals surface area contributed by atoms with Gasteiger partial charge in [0.05, 0.1) is 0 Å². The Morgan fingerprint density at radius 3 is 2.35 bits per heavy atom. The fourth-order valence-corrected chi connectivity index (χ4v) is 4.27. The van der Waals surface area contributed by atoms with Crippen LogP contribution in [0.25, 0.3) is 0 Å². The summed E-state index contributed by atoms with van der Waals surface area (Å²) in [6, 6.07) is 0.548. The number of aliphatic imine (C=N–C) groups is 1. The molecule has 2 saturated carbocycles. The van der Waals surface area contributed by atoms with Crippen molar-refractivity contribution in [1.29, 1.82) is 0 Å². The second-order valence-corrected chi connectivity index (χ2v) is 6.88. The minimum atomic E-state index is -0.146. The molecular weight excluding hydrogens is 232 g/mol. The largest absolute Gasteiger partial charge is 0.362 e. The van der Waals surface area contributed by atoms with E-state index in [0.717, 1.165) is 18.0 Å². The van der Waals surface area contributed by atoms with Gasteiger partial charge >= 0.3 is 0 Å². The summed E-state index contributed by atoms with van der Waals surface area (Å²) in [6.07, 6.45) is 11.1. The van der Waals surface area contributed by atoms with E-state index in [1.165, 1.54) is 44.9 Å². The standard InChI is InChI=1S/C13H20N2OS/c16-11-13(8-5-9-13)17-12(15-11)14-10-6-3-1-2-4-7-10/h10H,1-9H2,(H,14,15,16). The van der Waals surface area contributed by atoms with E-state index in [-0.39, 0.29) is 10.7 Å². The fourth-order valence-electron chi connectivity index (χ4n) is 2.92. The molecule has 3 nitrogen and oxygen atoms in total. The van der Waals surface area contributed by atoms with Crippen LogP contribution in [0.15, 0.2) is 4.99 Å². The molecule has 0 atom stereocenters. The quantitative estimate of drug-likeness (QED) is 0.730. The van der Waals surface area contributed by atoms with E-state index in [4.69, 9.17) is 0 Å². The molecule has 2 fully saturated rings. The van der Waals surface area contributed by atoms with Gasteiger partial charge in [-0.25, -0.2) is 0 Å². The molecule has 1 aliphatic heterocycles. The van der Waals surface area contributed by atoms with Gasteiger partial charge in [0.2, 0.25) is 0 Å². The van der Waals surface area contributed by atoms with Crippen LogP contribution in [0.3, 0.4) is 0 Å². The van der Waals surface area contributed by atoms with Crippen molar-refractivity contribution in [2.45, 2.75) is 68.6 Å². The van der Waals surface area contributed by atoms with E-state index < -0.39 is 0 Å². The number of nitrogens with zero attached hydrogens (tertiary/aromatic N) is 1. The first-order chi connectivity index (χ1) is 8.28. The molecule has 0 aromatic rings. The maximum atomic E-state index is 11.8. The zero-order valence-corrected chi connectivity index (χ0v) is 11.0. The second kappa shape index (κ2) is 4.63. The van der Waals surface area contributed by atoms with Crippen molar-refractivity contribution in [3.05, 3.63) is 0 Å². The van der Waals surface area contributed by atoms with Crippen LogP contribution >= 0.6 is 11.8 Å². The Labute approximate surface area is 107 Å². The first-order valence-corrected chi connectivity index (χ1v) is 7.69. The van der Waals surface area contributed by atoms with Crippen molar-refractivity contribution >= 4 is 22.8 Å². The normalized spacial score (nSPS) is 28.7. The van der Waals surface area contributed by atoms with Gasteiger partial charge < -0.3 is 5.32 Å². The molecule has 0 aromatic carbocycles. The highest BCUT2D eigenvalue weighted by Crippen LogP contribution is 2.48. The van der Waals surface area contributed by atoms with Crippen LogP contribution in [-0.4, -0.2) is 21.9 Å². The molecule has 3 rings (SSSR count). The summed E-state index contributed by atoms with van der Waals surface area (Å²) >= 11 is 1.70. The number of rotatable bonds is 1. The third-order valence-electron chi connectivity index (χ3n) is 4.23. The monoisotopic (exact) mass is 252 g/mol. The molecule has 0 aromatic heterocycles. The summed E-state index contributed by atoms with van der Waals surface area (Å²) in [4.78, 5) is 16.1. The van der Waals surface area contributed by atoms with Crippen molar-refractivity contribution in [2.24, 2.45) is 4.99 Å². The minimum Gasteiger partial charge on any atom is -0.362 e. The molecular formula is C13H20N2OS. The smallest absolute Gasteiger partial charge is 0.264 e. The van der Waals surface area contributed by atoms with Gasteiger partial charge in [0.25, 0.3) is 5.91 Å². The number of thioether (sulfide) groups is 1. The van der Waals surface area contributed by atoms with Crippen LogP contribution in [-0.2, 0) is 4.79 Å². The van der Waals surface area contributed by atoms with E-state index in [9.17, 15) is 4.79 Å². The molecule has 2 aliphatic carbocycles. The Morgan fingerprint density at radius 2 is 1.82 bits per heavy atom. The summed E-state index contributed by atoms with van der Waals surface area (Å²) in [5, 5.41) is 4.41. The van der Waals surface area contributed by atoms with Crippen LogP contribution in [0, 0.1) is 0 Å². The molecule has 0 saturated heterocycles. The Hall–Kier alpha value is -0.510. The average Bonchev–Trinajstić information content (AvgIpc) is 2.46. The first kappa shape index (κ1) is 11.6. The van der Waals surface area contributed by atoms with Gasteiger partial charge in [0.15, 0.2) is 5.17 Å². The average molecular weight is 252 g/mol. The van der Waals surface area contributed by atoms with Crippen molar-refractivity contribution in [2.75, 3.05) is 0 Å². The van der Waals surface area contributed by atoms with Gasteiger partial charge in [0.1, 0.15) is 4.75 Å². The number of carbonyl (C=O) groups is 1. The maximum Gasteiger partial charge on any atom is 0.264 e. The molecule has 3 aliphatic rings. The molecule has 17 heavy (non-hydrogen) atoms. The number of hydrogen-bond acceptors (Lipinski definition) is 3. The van der Waals surface area contributed by atoms with Gasteiger partial charge in [-0.2, -0.15) is 4.99 Å². The number of hydrogen-bond donors (Lipinski definition) is 1. The highest BCUT2D eigenvalue weighted by molar-refractivity contribution is 8.16. The zero-order valence-electron chi connectivity index (χ0n) is 10.2. The molecule has 94 valence electrons. The lowest BCUT2D eigenvalue weighted by molar-refractivity contribution is -0.121. The third kappa shape index (κ3) is 2.24. The maximum absolute atomic E-state index is 11.8. The lowest BCUT2D eigenvalue weighted by Crippen LogP contribution is -2.39. The Balaban J connectivity index is 1.58. The van der Waals surface area contributed by atoms with Crippen molar-refractivity contribution in [3.8, 4) is 0 Å². The lowest BCUT2D eigenvalue weighted by Gasteiger charge is -2.34. The lowest BCUT2D eigenvalue weighted by atomic mass is 9.84. The van der Waals surface area contributed by atoms with Gasteiger partial charge in [-0.05, 0) is 32.1 Å². The molecule has 1 spiro atoms. The van der Waals surface area contributed by atoms with E-state index in [2.05, 4.69) is 10.3 Å². The molecule has 1 N–H and O–H groups in total. The summed E-state index contributed by atoms with van der Waals surface area (Å²) < 4.78 is -0.146. The first-order valence-electron chi connectivity index (χ1n) is 6.87. The van der Waals surface area contributed by atoms with Crippen molar-refractivity contribution < 1.29 is 4.79 Å². The third-order valence-corrected chi connectivity index (χ3v) is 5.60. The Morgan fingerprint density at radius 1 is 1.12 bits per heavy atom. The molecule has 0 bridgehead atoms. The summed E-state index contributed by atoms with van der Waals surface area (Å²) in [7, 11) is 0. The zero-order chi connectivity index (χ0) is 11.7. The van der Waals surface area contributed by atoms with Crippen LogP contribution in [0.1, 0.15) is 57.8 Å². The highest BCUT2D eigenvalue weighted by Gasteiger charge is 2.50. The number of amides is 1. The van der Waals surface area contributed by atoms with Crippen LogP contribution < -0.4 is 5.32 Å². The number of nitrogens with one attached hydrogen (secondary N) is 1. The summed E-state index contributed by atoms with van der Waals surface area (Å²) in [5.74, 6) is 0.116. The number of carbonyl (C=O) groups excluding carboxylic acids is 1. The van der Waals surface area contributed by atoms with Crippen molar-refractivity contribution in [3.63, 3.8) is 0 Å². The highest BCUT2D eigenvalue weighted by atomic mass is 32.2. The topological polar surface area (TPSA) is 41.5 Å². The molecule has 4 heteroatoms.